The lowest BCUT2D eigenvalue weighted by atomic mass is 9.83. The quantitative estimate of drug-likeness (QED) is 0.452. The van der Waals surface area contributed by atoms with Crippen molar-refractivity contribution in [2.75, 3.05) is 6.61 Å². The number of hydrogen-bond acceptors (Lipinski definition) is 4. The standard InChI is InChI=1S/C30H34N2O3/c1-5-19-22(30(33)34-6-2)15-25(23-16-31-24-13-8-7-11-21(23)24)32-28-26(35-29(19)32)14-18-10-9-12-20(17(3)4)27(18)28/h7-13,15-17,19,25-26,28-29,31H,5-6,14H2,1-4H3/t19-,25-,26+,28+,29+/m0/s1. The Hall–Kier alpha value is -2.89. The van der Waals surface area contributed by atoms with E-state index in [1.165, 1.54) is 27.6 Å². The van der Waals surface area contributed by atoms with E-state index >= 15 is 0 Å². The predicted molar refractivity (Wildman–Crippen MR) is 137 cm³/mol. The lowest BCUT2D eigenvalue weighted by Gasteiger charge is -2.42. The summed E-state index contributed by atoms with van der Waals surface area (Å²) in [5, 5.41) is 1.18. The second-order valence-electron chi connectivity index (χ2n) is 10.3. The van der Waals surface area contributed by atoms with E-state index in [9.17, 15) is 4.79 Å². The fraction of sp³-hybridized carbons (Fsp3) is 0.433. The number of H-pyrrole nitrogens is 1. The summed E-state index contributed by atoms with van der Waals surface area (Å²) in [7, 11) is 0. The van der Waals surface area contributed by atoms with E-state index in [0.717, 1.165) is 23.9 Å². The largest absolute Gasteiger partial charge is 0.463 e. The van der Waals surface area contributed by atoms with Crippen molar-refractivity contribution < 1.29 is 14.3 Å². The molecule has 1 aliphatic carbocycles. The minimum atomic E-state index is -0.215. The van der Waals surface area contributed by atoms with E-state index in [4.69, 9.17) is 9.47 Å². The summed E-state index contributed by atoms with van der Waals surface area (Å²) >= 11 is 0. The molecule has 0 unspecified atom stereocenters. The van der Waals surface area contributed by atoms with Gasteiger partial charge in [-0.15, -0.1) is 0 Å². The maximum Gasteiger partial charge on any atom is 0.334 e. The van der Waals surface area contributed by atoms with Crippen LogP contribution in [-0.2, 0) is 20.7 Å². The first-order valence-electron chi connectivity index (χ1n) is 13.0. The van der Waals surface area contributed by atoms with Crippen molar-refractivity contribution in [3.8, 4) is 0 Å². The van der Waals surface area contributed by atoms with Crippen LogP contribution in [0.1, 0.15) is 74.4 Å². The molecule has 1 N–H and O–H groups in total. The summed E-state index contributed by atoms with van der Waals surface area (Å²) in [6.07, 6.45) is 5.94. The number of rotatable bonds is 5. The summed E-state index contributed by atoms with van der Waals surface area (Å²) in [6.45, 7) is 8.93. The highest BCUT2D eigenvalue weighted by molar-refractivity contribution is 5.90. The first-order chi connectivity index (χ1) is 17.0. The van der Waals surface area contributed by atoms with Gasteiger partial charge in [-0.05, 0) is 47.6 Å². The number of ether oxygens (including phenoxy) is 2. The molecule has 0 radical (unpaired) electrons. The number of nitrogens with zero attached hydrogens (tertiary/aromatic N) is 1. The molecule has 1 saturated heterocycles. The van der Waals surface area contributed by atoms with Crippen LogP contribution in [0.25, 0.3) is 10.9 Å². The van der Waals surface area contributed by atoms with E-state index in [-0.39, 0.29) is 36.3 Å². The van der Waals surface area contributed by atoms with E-state index < -0.39 is 0 Å². The molecule has 3 heterocycles. The molecule has 5 atom stereocenters. The van der Waals surface area contributed by atoms with Crippen LogP contribution in [0.3, 0.4) is 0 Å². The predicted octanol–water partition coefficient (Wildman–Crippen LogP) is 6.19. The number of fused-ring (bicyclic) bond motifs is 6. The van der Waals surface area contributed by atoms with Crippen molar-refractivity contribution in [2.45, 2.75) is 70.9 Å². The van der Waals surface area contributed by atoms with Gasteiger partial charge in [0.15, 0.2) is 0 Å². The van der Waals surface area contributed by atoms with Crippen LogP contribution in [0.15, 0.2) is 60.3 Å². The zero-order chi connectivity index (χ0) is 24.3. The maximum atomic E-state index is 13.2. The van der Waals surface area contributed by atoms with Crippen LogP contribution >= 0.6 is 0 Å². The maximum absolute atomic E-state index is 13.2. The Morgan fingerprint density at radius 1 is 1.17 bits per heavy atom. The van der Waals surface area contributed by atoms with Crippen molar-refractivity contribution >= 4 is 16.9 Å². The zero-order valence-corrected chi connectivity index (χ0v) is 21.0. The Morgan fingerprint density at radius 2 is 2.00 bits per heavy atom. The van der Waals surface area contributed by atoms with Gasteiger partial charge in [-0.3, -0.25) is 4.90 Å². The highest BCUT2D eigenvalue weighted by Gasteiger charge is 2.55. The molecule has 3 aromatic rings. The second kappa shape index (κ2) is 8.65. The topological polar surface area (TPSA) is 54.6 Å². The van der Waals surface area contributed by atoms with Crippen LogP contribution in [0.2, 0.25) is 0 Å². The number of para-hydroxylation sites is 1. The highest BCUT2D eigenvalue weighted by atomic mass is 16.5. The van der Waals surface area contributed by atoms with E-state index in [2.05, 4.69) is 85.4 Å². The van der Waals surface area contributed by atoms with Gasteiger partial charge in [0.1, 0.15) is 6.23 Å². The fourth-order valence-corrected chi connectivity index (χ4v) is 6.67. The van der Waals surface area contributed by atoms with Crippen molar-refractivity contribution in [3.63, 3.8) is 0 Å². The van der Waals surface area contributed by atoms with Gasteiger partial charge in [-0.25, -0.2) is 4.79 Å². The number of carbonyl (C=O) groups is 1. The van der Waals surface area contributed by atoms with Crippen molar-refractivity contribution in [1.82, 2.24) is 9.88 Å². The average Bonchev–Trinajstić information content (AvgIpc) is 3.54. The highest BCUT2D eigenvalue weighted by Crippen LogP contribution is 2.55. The fourth-order valence-electron chi connectivity index (χ4n) is 6.67. The van der Waals surface area contributed by atoms with E-state index in [1.807, 2.05) is 6.92 Å². The van der Waals surface area contributed by atoms with Crippen LogP contribution in [0.5, 0.6) is 0 Å². The normalized spacial score (nSPS) is 27.6. The Bertz CT molecular complexity index is 1310. The zero-order valence-electron chi connectivity index (χ0n) is 21.0. The molecule has 5 nitrogen and oxygen atoms in total. The number of aromatic nitrogens is 1. The molecule has 35 heavy (non-hydrogen) atoms. The summed E-state index contributed by atoms with van der Waals surface area (Å²) in [6, 6.07) is 15.2. The van der Waals surface area contributed by atoms with Gasteiger partial charge in [0.05, 0.1) is 24.8 Å². The number of esters is 1. The molecular formula is C30H34N2O3. The third kappa shape index (κ3) is 3.40. The lowest BCUT2D eigenvalue weighted by molar-refractivity contribution is -0.141. The molecule has 6 rings (SSSR count). The van der Waals surface area contributed by atoms with Crippen LogP contribution in [0, 0.1) is 5.92 Å². The number of nitrogens with one attached hydrogen (secondary N) is 1. The lowest BCUT2D eigenvalue weighted by Crippen LogP contribution is -2.45. The molecule has 3 aliphatic rings. The second-order valence-corrected chi connectivity index (χ2v) is 10.3. The molecule has 1 aromatic heterocycles. The van der Waals surface area contributed by atoms with Gasteiger partial charge in [0.2, 0.25) is 0 Å². The summed E-state index contributed by atoms with van der Waals surface area (Å²) in [5.74, 6) is 0.204. The molecule has 0 amide bonds. The number of carbonyl (C=O) groups excluding carboxylic acids is 1. The molecule has 0 saturated carbocycles. The van der Waals surface area contributed by atoms with Crippen LogP contribution in [0.4, 0.5) is 0 Å². The average molecular weight is 471 g/mol. The Labute approximate surface area is 207 Å². The molecule has 2 aliphatic heterocycles. The Morgan fingerprint density at radius 3 is 2.77 bits per heavy atom. The SMILES string of the molecule is CCOC(=O)C1=C[C@@H](c2c[nH]c3ccccc23)N2[C@H](O[C@@H]3Cc4cccc(C(C)C)c4[C@@H]32)[C@H]1CC. The Balaban J connectivity index is 1.55. The third-order valence-corrected chi connectivity index (χ3v) is 8.14. The summed E-state index contributed by atoms with van der Waals surface area (Å²) in [4.78, 5) is 19.2. The third-order valence-electron chi connectivity index (χ3n) is 8.14. The van der Waals surface area contributed by atoms with Crippen LogP contribution in [-0.4, -0.2) is 34.8 Å². The minimum absolute atomic E-state index is 0.0178. The van der Waals surface area contributed by atoms with Gasteiger partial charge in [0, 0.05) is 35.0 Å². The number of aromatic amines is 1. The van der Waals surface area contributed by atoms with Gasteiger partial charge in [-0.2, -0.15) is 0 Å². The van der Waals surface area contributed by atoms with Gasteiger partial charge < -0.3 is 14.5 Å². The first-order valence-corrected chi connectivity index (χ1v) is 13.0. The van der Waals surface area contributed by atoms with Crippen molar-refractivity contribution in [3.05, 3.63) is 82.6 Å². The first kappa shape index (κ1) is 22.6. The van der Waals surface area contributed by atoms with Crippen molar-refractivity contribution in [2.24, 2.45) is 5.92 Å². The molecule has 2 aromatic carbocycles. The molecule has 5 heteroatoms. The van der Waals surface area contributed by atoms with Gasteiger partial charge >= 0.3 is 5.97 Å². The van der Waals surface area contributed by atoms with Gasteiger partial charge in [0.25, 0.3) is 0 Å². The monoisotopic (exact) mass is 470 g/mol. The molecule has 1 fully saturated rings. The molecular weight excluding hydrogens is 436 g/mol. The Kier molecular flexibility index (Phi) is 5.58. The van der Waals surface area contributed by atoms with Crippen molar-refractivity contribution in [1.29, 1.82) is 0 Å². The molecule has 182 valence electrons. The van der Waals surface area contributed by atoms with E-state index in [1.54, 1.807) is 0 Å². The number of hydrogen-bond donors (Lipinski definition) is 1. The number of benzene rings is 2. The summed E-state index contributed by atoms with van der Waals surface area (Å²) < 4.78 is 12.4. The van der Waals surface area contributed by atoms with Crippen LogP contribution < -0.4 is 0 Å². The minimum Gasteiger partial charge on any atom is -0.463 e. The van der Waals surface area contributed by atoms with E-state index in [0.29, 0.717) is 12.5 Å². The molecule has 0 spiro atoms. The van der Waals surface area contributed by atoms with Gasteiger partial charge in [-0.1, -0.05) is 63.2 Å². The summed E-state index contributed by atoms with van der Waals surface area (Å²) in [5.41, 5.74) is 7.28. The smallest absolute Gasteiger partial charge is 0.334 e. The molecule has 0 bridgehead atoms.